The number of unbranched alkanes of at least 4 members (excludes halogenated alkanes) is 5. The number of ether oxygens (including phenoxy) is 1. The van der Waals surface area contributed by atoms with Crippen molar-refractivity contribution in [2.24, 2.45) is 0 Å². The molecule has 0 unspecified atom stereocenters. The summed E-state index contributed by atoms with van der Waals surface area (Å²) in [5, 5.41) is 3.71. The number of hydrogen-bond donors (Lipinski definition) is 1. The van der Waals surface area contributed by atoms with Crippen LogP contribution in [-0.2, 0) is 0 Å². The third-order valence-corrected chi connectivity index (χ3v) is 4.69. The van der Waals surface area contributed by atoms with Crippen molar-refractivity contribution in [3.63, 3.8) is 0 Å². The molecule has 118 valence electrons. The Bertz CT molecular complexity index is 381. The van der Waals surface area contributed by atoms with E-state index in [9.17, 15) is 0 Å². The van der Waals surface area contributed by atoms with Crippen LogP contribution in [-0.4, -0.2) is 19.7 Å². The van der Waals surface area contributed by atoms with Gasteiger partial charge in [0.05, 0.1) is 7.11 Å². The van der Waals surface area contributed by atoms with E-state index in [-0.39, 0.29) is 0 Å². The molecule has 0 spiro atoms. The fourth-order valence-corrected chi connectivity index (χ4v) is 3.14. The van der Waals surface area contributed by atoms with E-state index in [2.05, 4.69) is 36.5 Å². The lowest BCUT2D eigenvalue weighted by Crippen LogP contribution is -2.40. The van der Waals surface area contributed by atoms with E-state index in [1.807, 2.05) is 0 Å². The van der Waals surface area contributed by atoms with E-state index >= 15 is 0 Å². The summed E-state index contributed by atoms with van der Waals surface area (Å²) in [7, 11) is 1.72. The maximum absolute atomic E-state index is 5.21. The second-order valence-electron chi connectivity index (χ2n) is 6.36. The lowest BCUT2D eigenvalue weighted by atomic mass is 9.76. The van der Waals surface area contributed by atoms with Gasteiger partial charge in [-0.25, -0.2) is 0 Å². The van der Waals surface area contributed by atoms with Gasteiger partial charge < -0.3 is 10.1 Å². The molecular weight excluding hydrogens is 258 g/mol. The van der Waals surface area contributed by atoms with Crippen molar-refractivity contribution in [3.05, 3.63) is 29.8 Å². The molecule has 2 rings (SSSR count). The number of methoxy groups -OCH3 is 1. The highest BCUT2D eigenvalue weighted by molar-refractivity contribution is 5.30. The molecular formula is C19H31NO. The van der Waals surface area contributed by atoms with E-state index < -0.39 is 0 Å². The lowest BCUT2D eigenvalue weighted by Gasteiger charge is -2.36. The van der Waals surface area contributed by atoms with Gasteiger partial charge >= 0.3 is 0 Å². The molecule has 1 aromatic carbocycles. The predicted octanol–water partition coefficient (Wildman–Crippen LogP) is 4.89. The van der Waals surface area contributed by atoms with E-state index in [1.54, 1.807) is 7.11 Å². The quantitative estimate of drug-likeness (QED) is 0.619. The second kappa shape index (κ2) is 9.09. The summed E-state index contributed by atoms with van der Waals surface area (Å²) in [5.74, 6) is 1.70. The van der Waals surface area contributed by atoms with Gasteiger partial charge in [-0.15, -0.1) is 0 Å². The van der Waals surface area contributed by atoms with Crippen molar-refractivity contribution in [2.75, 3.05) is 13.7 Å². The van der Waals surface area contributed by atoms with Crippen molar-refractivity contribution >= 4 is 0 Å². The molecule has 0 aliphatic heterocycles. The molecule has 0 bridgehead atoms. The fraction of sp³-hybridized carbons (Fsp3) is 0.684. The Labute approximate surface area is 130 Å². The molecule has 0 heterocycles. The fourth-order valence-electron chi connectivity index (χ4n) is 3.14. The Balaban J connectivity index is 1.52. The van der Waals surface area contributed by atoms with Gasteiger partial charge in [0.25, 0.3) is 0 Å². The SMILES string of the molecule is CCCCCCCCNC1CC(c2ccc(OC)cc2)C1. The predicted molar refractivity (Wildman–Crippen MR) is 90.1 cm³/mol. The molecule has 2 heteroatoms. The van der Waals surface area contributed by atoms with Gasteiger partial charge in [0.1, 0.15) is 5.75 Å². The molecule has 1 N–H and O–H groups in total. The number of benzene rings is 1. The molecule has 2 nitrogen and oxygen atoms in total. The molecule has 0 saturated heterocycles. The maximum atomic E-state index is 5.21. The van der Waals surface area contributed by atoms with Gasteiger partial charge in [-0.1, -0.05) is 51.2 Å². The Morgan fingerprint density at radius 1 is 1.00 bits per heavy atom. The minimum Gasteiger partial charge on any atom is -0.497 e. The molecule has 0 atom stereocenters. The van der Waals surface area contributed by atoms with Crippen molar-refractivity contribution in [2.45, 2.75) is 70.3 Å². The van der Waals surface area contributed by atoms with E-state index in [0.717, 1.165) is 17.7 Å². The van der Waals surface area contributed by atoms with Crippen LogP contribution in [0.2, 0.25) is 0 Å². The summed E-state index contributed by atoms with van der Waals surface area (Å²) in [6.45, 7) is 3.48. The smallest absolute Gasteiger partial charge is 0.118 e. The van der Waals surface area contributed by atoms with Crippen LogP contribution in [0.4, 0.5) is 0 Å². The Morgan fingerprint density at radius 3 is 2.33 bits per heavy atom. The largest absolute Gasteiger partial charge is 0.497 e. The summed E-state index contributed by atoms with van der Waals surface area (Å²) < 4.78 is 5.21. The average molecular weight is 289 g/mol. The lowest BCUT2D eigenvalue weighted by molar-refractivity contribution is 0.289. The summed E-state index contributed by atoms with van der Waals surface area (Å²) in [6, 6.07) is 9.33. The first-order chi connectivity index (χ1) is 10.3. The first-order valence-electron chi connectivity index (χ1n) is 8.70. The van der Waals surface area contributed by atoms with E-state index in [0.29, 0.717) is 0 Å². The normalized spacial score (nSPS) is 21.0. The number of nitrogens with one attached hydrogen (secondary N) is 1. The van der Waals surface area contributed by atoms with Crippen LogP contribution < -0.4 is 10.1 Å². The summed E-state index contributed by atoms with van der Waals surface area (Å²) in [4.78, 5) is 0. The molecule has 0 aromatic heterocycles. The molecule has 1 aromatic rings. The van der Waals surface area contributed by atoms with E-state index in [1.165, 1.54) is 63.5 Å². The maximum Gasteiger partial charge on any atom is 0.118 e. The average Bonchev–Trinajstić information content (AvgIpc) is 2.48. The van der Waals surface area contributed by atoms with Crippen LogP contribution in [0, 0.1) is 0 Å². The first-order valence-corrected chi connectivity index (χ1v) is 8.70. The molecule has 1 aliphatic carbocycles. The zero-order chi connectivity index (χ0) is 14.9. The molecule has 0 amide bonds. The van der Waals surface area contributed by atoms with Crippen LogP contribution in [0.3, 0.4) is 0 Å². The second-order valence-corrected chi connectivity index (χ2v) is 6.36. The van der Waals surface area contributed by atoms with Gasteiger partial charge in [0, 0.05) is 6.04 Å². The van der Waals surface area contributed by atoms with Crippen LogP contribution in [0.15, 0.2) is 24.3 Å². The minimum absolute atomic E-state index is 0.743. The Hall–Kier alpha value is -1.02. The molecule has 1 saturated carbocycles. The highest BCUT2D eigenvalue weighted by atomic mass is 16.5. The standard InChI is InChI=1S/C19H31NO/c1-3-4-5-6-7-8-13-20-18-14-17(15-18)16-9-11-19(21-2)12-10-16/h9-12,17-18,20H,3-8,13-15H2,1-2H3. The zero-order valence-corrected chi connectivity index (χ0v) is 13.7. The number of rotatable bonds is 10. The topological polar surface area (TPSA) is 21.3 Å². The molecule has 1 fully saturated rings. The molecule has 1 aliphatic rings. The van der Waals surface area contributed by atoms with Crippen molar-refractivity contribution in [3.8, 4) is 5.75 Å². The Kier molecular flexibility index (Phi) is 7.08. The summed E-state index contributed by atoms with van der Waals surface area (Å²) in [5.41, 5.74) is 1.47. The monoisotopic (exact) mass is 289 g/mol. The summed E-state index contributed by atoms with van der Waals surface area (Å²) >= 11 is 0. The third-order valence-electron chi connectivity index (χ3n) is 4.69. The van der Waals surface area contributed by atoms with E-state index in [4.69, 9.17) is 4.74 Å². The van der Waals surface area contributed by atoms with Gasteiger partial charge in [0.2, 0.25) is 0 Å². The first kappa shape index (κ1) is 16.4. The number of hydrogen-bond acceptors (Lipinski definition) is 2. The highest BCUT2D eigenvalue weighted by Crippen LogP contribution is 2.37. The van der Waals surface area contributed by atoms with Gasteiger partial charge in [-0.3, -0.25) is 0 Å². The third kappa shape index (κ3) is 5.35. The molecule has 0 radical (unpaired) electrons. The van der Waals surface area contributed by atoms with Crippen molar-refractivity contribution < 1.29 is 4.74 Å². The highest BCUT2D eigenvalue weighted by Gasteiger charge is 2.29. The zero-order valence-electron chi connectivity index (χ0n) is 13.7. The van der Waals surface area contributed by atoms with Crippen LogP contribution in [0.25, 0.3) is 0 Å². The Morgan fingerprint density at radius 2 is 1.67 bits per heavy atom. The van der Waals surface area contributed by atoms with Crippen LogP contribution in [0.5, 0.6) is 5.75 Å². The van der Waals surface area contributed by atoms with Crippen molar-refractivity contribution in [1.82, 2.24) is 5.32 Å². The van der Waals surface area contributed by atoms with Crippen LogP contribution >= 0.6 is 0 Å². The van der Waals surface area contributed by atoms with Crippen molar-refractivity contribution in [1.29, 1.82) is 0 Å². The molecule has 21 heavy (non-hydrogen) atoms. The van der Waals surface area contributed by atoms with Gasteiger partial charge in [0.15, 0.2) is 0 Å². The van der Waals surface area contributed by atoms with Gasteiger partial charge in [-0.2, -0.15) is 0 Å². The summed E-state index contributed by atoms with van der Waals surface area (Å²) in [6.07, 6.45) is 10.9. The minimum atomic E-state index is 0.743. The van der Waals surface area contributed by atoms with Gasteiger partial charge in [-0.05, 0) is 49.4 Å². The van der Waals surface area contributed by atoms with Crippen LogP contribution in [0.1, 0.15) is 69.8 Å².